The average Bonchev–Trinajstić information content (AvgIpc) is 2.78. The number of nitrogens with zero attached hydrogens (tertiary/aromatic N) is 4. The van der Waals surface area contributed by atoms with Gasteiger partial charge in [0.1, 0.15) is 19.4 Å². The van der Waals surface area contributed by atoms with Gasteiger partial charge in [0, 0.05) is 0 Å². The third-order valence-corrected chi connectivity index (χ3v) is 1.77. The number of anilines is 1. The second-order valence-corrected chi connectivity index (χ2v) is 2.91. The Hall–Kier alpha value is -2.54. The zero-order chi connectivity index (χ0) is 12.7. The molecule has 0 fully saturated rings. The first-order chi connectivity index (χ1) is 8.22. The van der Waals surface area contributed by atoms with E-state index in [1.807, 2.05) is 12.1 Å². The lowest BCUT2D eigenvalue weighted by molar-refractivity contribution is 0.0519. The number of aromatic nitrogens is 1. The summed E-state index contributed by atoms with van der Waals surface area (Å²) in [4.78, 5) is 16.5. The molecule has 7 heteroatoms. The third-order valence-electron chi connectivity index (χ3n) is 1.77. The first-order valence-corrected chi connectivity index (χ1v) is 4.84. The molecule has 0 radical (unpaired) electrons. The van der Waals surface area contributed by atoms with Crippen molar-refractivity contribution in [2.75, 3.05) is 24.6 Å². The van der Waals surface area contributed by atoms with E-state index in [1.165, 1.54) is 4.90 Å². The number of oxazole rings is 1. The fourth-order valence-corrected chi connectivity index (χ4v) is 1.07. The molecule has 0 atom stereocenters. The van der Waals surface area contributed by atoms with Crippen molar-refractivity contribution in [3.8, 4) is 12.1 Å². The maximum atomic E-state index is 11.3. The molecule has 1 rings (SSSR count). The lowest BCUT2D eigenvalue weighted by Gasteiger charge is -2.11. The fourth-order valence-electron chi connectivity index (χ4n) is 1.07. The Bertz CT molecular complexity index is 453. The van der Waals surface area contributed by atoms with Gasteiger partial charge in [0.15, 0.2) is 5.69 Å². The molecule has 7 nitrogen and oxygen atoms in total. The first kappa shape index (κ1) is 12.5. The number of hydrogen-bond donors (Lipinski definition) is 0. The summed E-state index contributed by atoms with van der Waals surface area (Å²) >= 11 is 0. The summed E-state index contributed by atoms with van der Waals surface area (Å²) in [5, 5.41) is 17.1. The molecular weight excluding hydrogens is 224 g/mol. The summed E-state index contributed by atoms with van der Waals surface area (Å²) in [6.07, 6.45) is 1.13. The van der Waals surface area contributed by atoms with E-state index in [0.717, 1.165) is 6.26 Å². The highest BCUT2D eigenvalue weighted by Crippen LogP contribution is 2.13. The number of hydrogen-bond acceptors (Lipinski definition) is 7. The number of esters is 1. The molecule has 0 spiro atoms. The van der Waals surface area contributed by atoms with Crippen LogP contribution < -0.4 is 4.90 Å². The molecule has 0 aliphatic heterocycles. The molecule has 0 amide bonds. The van der Waals surface area contributed by atoms with Crippen LogP contribution in [0.15, 0.2) is 10.7 Å². The zero-order valence-electron chi connectivity index (χ0n) is 9.21. The summed E-state index contributed by atoms with van der Waals surface area (Å²) in [5.41, 5.74) is 0.0164. The van der Waals surface area contributed by atoms with Crippen LogP contribution in [0, 0.1) is 22.7 Å². The van der Waals surface area contributed by atoms with Gasteiger partial charge >= 0.3 is 5.97 Å². The molecule has 0 N–H and O–H groups in total. The van der Waals surface area contributed by atoms with Crippen molar-refractivity contribution in [2.24, 2.45) is 0 Å². The molecule has 1 aromatic heterocycles. The summed E-state index contributed by atoms with van der Waals surface area (Å²) in [5.74, 6) is -0.601. The van der Waals surface area contributed by atoms with Crippen LogP contribution >= 0.6 is 0 Å². The molecule has 0 aliphatic rings. The van der Waals surface area contributed by atoms with E-state index in [9.17, 15) is 4.79 Å². The lowest BCUT2D eigenvalue weighted by Crippen LogP contribution is -2.24. The Morgan fingerprint density at radius 1 is 1.53 bits per heavy atom. The van der Waals surface area contributed by atoms with E-state index in [2.05, 4.69) is 4.98 Å². The van der Waals surface area contributed by atoms with Crippen LogP contribution in [0.2, 0.25) is 0 Å². The van der Waals surface area contributed by atoms with Crippen molar-refractivity contribution in [1.82, 2.24) is 4.98 Å². The third kappa shape index (κ3) is 3.21. The Morgan fingerprint density at radius 3 is 2.71 bits per heavy atom. The predicted octanol–water partition coefficient (Wildman–Crippen LogP) is 0.705. The normalized spacial score (nSPS) is 9.12. The molecule has 17 heavy (non-hydrogen) atoms. The summed E-state index contributed by atoms with van der Waals surface area (Å²) in [6, 6.07) is 3.80. The lowest BCUT2D eigenvalue weighted by atomic mass is 10.5. The van der Waals surface area contributed by atoms with Crippen LogP contribution in [0.1, 0.15) is 17.4 Å². The molecule has 1 aromatic rings. The van der Waals surface area contributed by atoms with E-state index in [1.54, 1.807) is 6.92 Å². The van der Waals surface area contributed by atoms with Crippen molar-refractivity contribution in [3.63, 3.8) is 0 Å². The fraction of sp³-hybridized carbons (Fsp3) is 0.400. The highest BCUT2D eigenvalue weighted by Gasteiger charge is 2.17. The number of ether oxygens (including phenoxy) is 1. The van der Waals surface area contributed by atoms with Crippen molar-refractivity contribution in [3.05, 3.63) is 12.0 Å². The van der Waals surface area contributed by atoms with Crippen molar-refractivity contribution < 1.29 is 13.9 Å². The van der Waals surface area contributed by atoms with Gasteiger partial charge in [-0.15, -0.1) is 0 Å². The number of carbonyl (C=O) groups is 1. The molecule has 0 bridgehead atoms. The van der Waals surface area contributed by atoms with Gasteiger partial charge in [0.25, 0.3) is 6.01 Å². The van der Waals surface area contributed by atoms with Gasteiger partial charge in [-0.1, -0.05) is 0 Å². The molecular formula is C10H10N4O3. The summed E-state index contributed by atoms with van der Waals surface area (Å²) < 4.78 is 9.74. The second kappa shape index (κ2) is 6.13. The van der Waals surface area contributed by atoms with E-state index < -0.39 is 5.97 Å². The van der Waals surface area contributed by atoms with E-state index >= 15 is 0 Å². The van der Waals surface area contributed by atoms with E-state index in [0.29, 0.717) is 0 Å². The molecule has 0 saturated heterocycles. The topological polar surface area (TPSA) is 103 Å². The molecule has 88 valence electrons. The molecule has 0 unspecified atom stereocenters. The van der Waals surface area contributed by atoms with Crippen molar-refractivity contribution in [2.45, 2.75) is 6.92 Å². The predicted molar refractivity (Wildman–Crippen MR) is 55.9 cm³/mol. The number of carbonyl (C=O) groups excluding carboxylic acids is 1. The number of nitriles is 2. The van der Waals surface area contributed by atoms with Crippen LogP contribution in [-0.2, 0) is 4.74 Å². The van der Waals surface area contributed by atoms with E-state index in [-0.39, 0.29) is 31.4 Å². The Balaban J connectivity index is 2.82. The van der Waals surface area contributed by atoms with Crippen LogP contribution in [0.4, 0.5) is 6.01 Å². The van der Waals surface area contributed by atoms with Gasteiger partial charge in [0.05, 0.1) is 18.7 Å². The van der Waals surface area contributed by atoms with Gasteiger partial charge in [-0.2, -0.15) is 15.5 Å². The standard InChI is InChI=1S/C10H10N4O3/c1-2-16-9(15)8-7-17-10(13-8)14(5-3-11)6-4-12/h7H,2,5-6H2,1H3. The molecule has 0 aliphatic carbocycles. The Morgan fingerprint density at radius 2 is 2.18 bits per heavy atom. The zero-order valence-corrected chi connectivity index (χ0v) is 9.21. The van der Waals surface area contributed by atoms with Crippen LogP contribution in [0.5, 0.6) is 0 Å². The highest BCUT2D eigenvalue weighted by atomic mass is 16.5. The van der Waals surface area contributed by atoms with Crippen molar-refractivity contribution >= 4 is 12.0 Å². The van der Waals surface area contributed by atoms with Gasteiger partial charge in [-0.25, -0.2) is 4.79 Å². The smallest absolute Gasteiger partial charge is 0.360 e. The van der Waals surface area contributed by atoms with E-state index in [4.69, 9.17) is 19.7 Å². The average molecular weight is 234 g/mol. The Labute approximate surface area is 97.8 Å². The quantitative estimate of drug-likeness (QED) is 0.545. The van der Waals surface area contributed by atoms with Gasteiger partial charge in [-0.3, -0.25) is 4.90 Å². The summed E-state index contributed by atoms with van der Waals surface area (Å²) in [6.45, 7) is 1.82. The minimum absolute atomic E-state index is 0.0164. The van der Waals surface area contributed by atoms with Gasteiger partial charge < -0.3 is 9.15 Å². The number of rotatable bonds is 5. The van der Waals surface area contributed by atoms with Gasteiger partial charge in [-0.05, 0) is 6.92 Å². The maximum absolute atomic E-state index is 11.3. The SMILES string of the molecule is CCOC(=O)c1coc(N(CC#N)CC#N)n1. The highest BCUT2D eigenvalue weighted by molar-refractivity contribution is 5.87. The van der Waals surface area contributed by atoms with Gasteiger partial charge in [0.2, 0.25) is 0 Å². The Kier molecular flexibility index (Phi) is 4.52. The molecule has 0 saturated carbocycles. The second-order valence-electron chi connectivity index (χ2n) is 2.91. The molecule has 0 aromatic carbocycles. The van der Waals surface area contributed by atoms with Crippen LogP contribution in [0.3, 0.4) is 0 Å². The van der Waals surface area contributed by atoms with Crippen LogP contribution in [-0.4, -0.2) is 30.6 Å². The maximum Gasteiger partial charge on any atom is 0.360 e. The molecule has 1 heterocycles. The van der Waals surface area contributed by atoms with Crippen LogP contribution in [0.25, 0.3) is 0 Å². The first-order valence-electron chi connectivity index (χ1n) is 4.84. The summed E-state index contributed by atoms with van der Waals surface area (Å²) in [7, 11) is 0. The van der Waals surface area contributed by atoms with Crippen molar-refractivity contribution in [1.29, 1.82) is 10.5 Å². The largest absolute Gasteiger partial charge is 0.461 e. The minimum Gasteiger partial charge on any atom is -0.461 e. The minimum atomic E-state index is -0.601. The monoisotopic (exact) mass is 234 g/mol.